The average Bonchev–Trinajstić information content (AvgIpc) is 2.16. The second kappa shape index (κ2) is 5.32. The van der Waals surface area contributed by atoms with E-state index >= 15 is 0 Å². The van der Waals surface area contributed by atoms with Crippen molar-refractivity contribution in [3.63, 3.8) is 0 Å². The summed E-state index contributed by atoms with van der Waals surface area (Å²) in [7, 11) is 0. The molecule has 2 heteroatoms. The van der Waals surface area contributed by atoms with Crippen LogP contribution < -0.4 is 0 Å². The van der Waals surface area contributed by atoms with Crippen molar-refractivity contribution in [1.29, 1.82) is 0 Å². The second-order valence-electron chi connectivity index (χ2n) is 3.22. The van der Waals surface area contributed by atoms with Crippen LogP contribution in [0.15, 0.2) is 46.6 Å². The van der Waals surface area contributed by atoms with E-state index in [1.807, 2.05) is 31.2 Å². The predicted octanol–water partition coefficient (Wildman–Crippen LogP) is 2.94. The van der Waals surface area contributed by atoms with Crippen molar-refractivity contribution in [2.24, 2.45) is 9.98 Å². The molecule has 0 aromatic carbocycles. The zero-order chi connectivity index (χ0) is 10.4. The fourth-order valence-corrected chi connectivity index (χ4v) is 1.13. The Kier molecular flexibility index (Phi) is 4.05. The Bertz CT molecular complexity index is 330. The van der Waals surface area contributed by atoms with Crippen LogP contribution >= 0.6 is 0 Å². The molecule has 0 atom stereocenters. The number of allylic oxidation sites excluding steroid dienone is 5. The number of hydrogen-bond acceptors (Lipinski definition) is 2. The molecule has 74 valence electrons. The van der Waals surface area contributed by atoms with E-state index in [2.05, 4.69) is 23.5 Å². The fourth-order valence-electron chi connectivity index (χ4n) is 1.13. The average molecular weight is 188 g/mol. The summed E-state index contributed by atoms with van der Waals surface area (Å²) in [5.74, 6) is 0. The van der Waals surface area contributed by atoms with Gasteiger partial charge >= 0.3 is 0 Å². The zero-order valence-corrected chi connectivity index (χ0v) is 8.83. The molecule has 1 rings (SSSR count). The maximum atomic E-state index is 4.44. The molecule has 0 N–H and O–H groups in total. The lowest BCUT2D eigenvalue weighted by Gasteiger charge is -2.05. The topological polar surface area (TPSA) is 24.7 Å². The number of nitrogens with zero attached hydrogens (tertiary/aromatic N) is 2. The quantitative estimate of drug-likeness (QED) is 0.608. The number of hydrogen-bond donors (Lipinski definition) is 0. The van der Waals surface area contributed by atoms with Crippen molar-refractivity contribution in [1.82, 2.24) is 0 Å². The van der Waals surface area contributed by atoms with Crippen molar-refractivity contribution < 1.29 is 0 Å². The molecule has 0 aliphatic heterocycles. The third-order valence-electron chi connectivity index (χ3n) is 1.70. The molecule has 14 heavy (non-hydrogen) atoms. The van der Waals surface area contributed by atoms with Crippen molar-refractivity contribution in [2.45, 2.75) is 20.3 Å². The zero-order valence-electron chi connectivity index (χ0n) is 8.83. The Labute approximate surface area is 85.5 Å². The highest BCUT2D eigenvalue weighted by Crippen LogP contribution is 2.02. The van der Waals surface area contributed by atoms with Gasteiger partial charge in [-0.05, 0) is 25.5 Å². The highest BCUT2D eigenvalue weighted by Gasteiger charge is 2.04. The van der Waals surface area contributed by atoms with E-state index in [1.165, 1.54) is 0 Å². The lowest BCUT2D eigenvalue weighted by Crippen LogP contribution is -2.12. The Balaban J connectivity index is 2.87. The monoisotopic (exact) mass is 188 g/mol. The first kappa shape index (κ1) is 10.6. The van der Waals surface area contributed by atoms with Crippen LogP contribution in [0.5, 0.6) is 0 Å². The second-order valence-corrected chi connectivity index (χ2v) is 3.22. The third kappa shape index (κ3) is 3.13. The summed E-state index contributed by atoms with van der Waals surface area (Å²) >= 11 is 0. The highest BCUT2D eigenvalue weighted by molar-refractivity contribution is 6.51. The molecular weight excluding hydrogens is 172 g/mol. The van der Waals surface area contributed by atoms with Crippen molar-refractivity contribution >= 4 is 11.4 Å². The first-order valence-corrected chi connectivity index (χ1v) is 4.88. The van der Waals surface area contributed by atoms with Crippen LogP contribution in [0.25, 0.3) is 0 Å². The fraction of sp³-hybridized carbons (Fsp3) is 0.333. The lowest BCUT2D eigenvalue weighted by atomic mass is 10.1. The molecule has 2 nitrogen and oxygen atoms in total. The van der Waals surface area contributed by atoms with Gasteiger partial charge in [-0.2, -0.15) is 0 Å². The highest BCUT2D eigenvalue weighted by atomic mass is 14.8. The maximum Gasteiger partial charge on any atom is 0.0884 e. The SMILES string of the molecule is C=C(C)N=C1C=CC=CC1=NCCC. The summed E-state index contributed by atoms with van der Waals surface area (Å²) in [5.41, 5.74) is 2.68. The Hall–Kier alpha value is -1.44. The van der Waals surface area contributed by atoms with Gasteiger partial charge in [0.15, 0.2) is 0 Å². The molecule has 1 aliphatic rings. The summed E-state index contributed by atoms with van der Waals surface area (Å²) < 4.78 is 0. The largest absolute Gasteiger partial charge is 0.283 e. The molecule has 1 aliphatic carbocycles. The van der Waals surface area contributed by atoms with Gasteiger partial charge in [0.1, 0.15) is 0 Å². The molecule has 0 aromatic heterocycles. The molecule has 0 radical (unpaired) electrons. The summed E-state index contributed by atoms with van der Waals surface area (Å²) in [5, 5.41) is 0. The lowest BCUT2D eigenvalue weighted by molar-refractivity contribution is 0.935. The van der Waals surface area contributed by atoms with Gasteiger partial charge in [-0.25, -0.2) is 0 Å². The number of rotatable bonds is 3. The van der Waals surface area contributed by atoms with Crippen LogP contribution in [0.3, 0.4) is 0 Å². The van der Waals surface area contributed by atoms with Gasteiger partial charge in [0.2, 0.25) is 0 Å². The van der Waals surface area contributed by atoms with Crippen molar-refractivity contribution in [2.75, 3.05) is 6.54 Å². The van der Waals surface area contributed by atoms with E-state index in [1.54, 1.807) is 0 Å². The van der Waals surface area contributed by atoms with Crippen LogP contribution in [-0.2, 0) is 0 Å². The summed E-state index contributed by atoms with van der Waals surface area (Å²) in [6.07, 6.45) is 8.95. The Morgan fingerprint density at radius 2 is 1.93 bits per heavy atom. The van der Waals surface area contributed by atoms with Gasteiger partial charge in [-0.1, -0.05) is 25.7 Å². The van der Waals surface area contributed by atoms with Gasteiger partial charge in [0.25, 0.3) is 0 Å². The summed E-state index contributed by atoms with van der Waals surface area (Å²) in [6.45, 7) is 8.61. The molecular formula is C12H16N2. The van der Waals surface area contributed by atoms with E-state index in [0.29, 0.717) is 0 Å². The molecule has 0 aromatic rings. The molecule has 0 spiro atoms. The van der Waals surface area contributed by atoms with Crippen LogP contribution in [-0.4, -0.2) is 18.0 Å². The van der Waals surface area contributed by atoms with E-state index in [0.717, 1.165) is 30.1 Å². The number of aliphatic imine (C=N–C) groups is 2. The molecule has 0 saturated carbocycles. The molecule has 0 saturated heterocycles. The minimum Gasteiger partial charge on any atom is -0.283 e. The molecule has 0 amide bonds. The van der Waals surface area contributed by atoms with Gasteiger partial charge in [0.05, 0.1) is 11.4 Å². The Morgan fingerprint density at radius 1 is 1.29 bits per heavy atom. The summed E-state index contributed by atoms with van der Waals surface area (Å²) in [4.78, 5) is 8.77. The van der Waals surface area contributed by atoms with Crippen molar-refractivity contribution in [3.05, 3.63) is 36.6 Å². The smallest absolute Gasteiger partial charge is 0.0884 e. The van der Waals surface area contributed by atoms with Gasteiger partial charge in [0, 0.05) is 12.2 Å². The molecule has 0 unspecified atom stereocenters. The van der Waals surface area contributed by atoms with Gasteiger partial charge in [-0.15, -0.1) is 0 Å². The predicted molar refractivity (Wildman–Crippen MR) is 63.1 cm³/mol. The first-order valence-electron chi connectivity index (χ1n) is 4.88. The molecule has 0 fully saturated rings. The third-order valence-corrected chi connectivity index (χ3v) is 1.70. The van der Waals surface area contributed by atoms with Crippen LogP contribution in [0.2, 0.25) is 0 Å². The van der Waals surface area contributed by atoms with Crippen LogP contribution in [0.1, 0.15) is 20.3 Å². The first-order chi connectivity index (χ1) is 6.74. The van der Waals surface area contributed by atoms with Crippen LogP contribution in [0.4, 0.5) is 0 Å². The minimum atomic E-state index is 0.809. The van der Waals surface area contributed by atoms with Crippen molar-refractivity contribution in [3.8, 4) is 0 Å². The molecule has 0 heterocycles. The van der Waals surface area contributed by atoms with E-state index in [9.17, 15) is 0 Å². The van der Waals surface area contributed by atoms with Gasteiger partial charge < -0.3 is 0 Å². The van der Waals surface area contributed by atoms with Gasteiger partial charge in [-0.3, -0.25) is 9.98 Å². The normalized spacial score (nSPS) is 20.7. The maximum absolute atomic E-state index is 4.44. The Morgan fingerprint density at radius 3 is 2.50 bits per heavy atom. The molecule has 0 bridgehead atoms. The standard InChI is InChI=1S/C12H16N2/c1-4-9-13-11-7-5-6-8-12(11)14-10(2)3/h5-8H,2,4,9H2,1,3H3. The van der Waals surface area contributed by atoms with Crippen LogP contribution in [0, 0.1) is 0 Å². The van der Waals surface area contributed by atoms with E-state index in [-0.39, 0.29) is 0 Å². The minimum absolute atomic E-state index is 0.809. The van der Waals surface area contributed by atoms with E-state index in [4.69, 9.17) is 0 Å². The van der Waals surface area contributed by atoms with E-state index < -0.39 is 0 Å². The summed E-state index contributed by atoms with van der Waals surface area (Å²) in [6, 6.07) is 0.